The minimum Gasteiger partial charge on any atom is -0.486 e. The van der Waals surface area contributed by atoms with Crippen molar-refractivity contribution in [3.63, 3.8) is 0 Å². The molecule has 0 spiro atoms. The van der Waals surface area contributed by atoms with Crippen molar-refractivity contribution >= 4 is 5.78 Å². The van der Waals surface area contributed by atoms with Crippen molar-refractivity contribution < 1.29 is 9.53 Å². The van der Waals surface area contributed by atoms with Gasteiger partial charge in [-0.3, -0.25) is 4.79 Å². The fourth-order valence-electron chi connectivity index (χ4n) is 0.840. The molecule has 0 aromatic heterocycles. The molecular weight excluding hydrogens is 166 g/mol. The molecule has 0 N–H and O–H groups in total. The van der Waals surface area contributed by atoms with E-state index < -0.39 is 0 Å². The number of hydrogen-bond acceptors (Lipinski definition) is 3. The van der Waals surface area contributed by atoms with Crippen molar-refractivity contribution in [1.82, 2.24) is 0 Å². The lowest BCUT2D eigenvalue weighted by atomic mass is 10.2. The van der Waals surface area contributed by atoms with Crippen molar-refractivity contribution in [3.8, 4) is 11.8 Å². The van der Waals surface area contributed by atoms with Crippen molar-refractivity contribution in [2.45, 2.75) is 6.92 Å². The van der Waals surface area contributed by atoms with Crippen LogP contribution in [-0.4, -0.2) is 12.4 Å². The Bertz CT molecular complexity index is 352. The van der Waals surface area contributed by atoms with Crippen molar-refractivity contribution in [3.05, 3.63) is 29.8 Å². The molecular formula is C10H9NO2. The molecule has 0 bridgehead atoms. The third kappa shape index (κ3) is 2.96. The van der Waals surface area contributed by atoms with Gasteiger partial charge in [-0.15, -0.1) is 0 Å². The fraction of sp³-hybridized carbons (Fsp3) is 0.200. The summed E-state index contributed by atoms with van der Waals surface area (Å²) >= 11 is 0. The molecule has 0 heterocycles. The van der Waals surface area contributed by atoms with Gasteiger partial charge < -0.3 is 4.74 Å². The third-order valence-electron chi connectivity index (χ3n) is 1.41. The number of Topliss-reactive ketones (excluding diaryl/α,β-unsaturated/α-hetero) is 1. The maximum absolute atomic E-state index is 10.6. The molecule has 1 rings (SSSR count). The number of nitrogens with zero attached hydrogens (tertiary/aromatic N) is 1. The fourth-order valence-corrected chi connectivity index (χ4v) is 0.840. The third-order valence-corrected chi connectivity index (χ3v) is 1.41. The number of hydrogen-bond donors (Lipinski definition) is 0. The van der Waals surface area contributed by atoms with E-state index >= 15 is 0 Å². The molecule has 66 valence electrons. The Kier molecular flexibility index (Phi) is 3.04. The topological polar surface area (TPSA) is 50.1 Å². The summed E-state index contributed by atoms with van der Waals surface area (Å²) in [5.41, 5.74) is 0.529. The number of rotatable bonds is 3. The van der Waals surface area contributed by atoms with Gasteiger partial charge in [-0.1, -0.05) is 6.07 Å². The molecule has 0 fully saturated rings. The molecule has 0 saturated carbocycles. The van der Waals surface area contributed by atoms with Gasteiger partial charge in [0.2, 0.25) is 0 Å². The molecule has 0 aliphatic carbocycles. The number of ketones is 1. The second-order valence-corrected chi connectivity index (χ2v) is 2.63. The highest BCUT2D eigenvalue weighted by atomic mass is 16.5. The van der Waals surface area contributed by atoms with Crippen molar-refractivity contribution in [2.24, 2.45) is 0 Å². The largest absolute Gasteiger partial charge is 0.486 e. The van der Waals surface area contributed by atoms with E-state index in [1.807, 2.05) is 6.07 Å². The van der Waals surface area contributed by atoms with Crippen LogP contribution in [0.15, 0.2) is 24.3 Å². The molecule has 0 unspecified atom stereocenters. The maximum Gasteiger partial charge on any atom is 0.167 e. The Balaban J connectivity index is 2.68. The number of nitriles is 1. The summed E-state index contributed by atoms with van der Waals surface area (Å²) in [6.45, 7) is 1.50. The van der Waals surface area contributed by atoms with Crippen LogP contribution in [0.25, 0.3) is 0 Å². The Morgan fingerprint density at radius 2 is 2.38 bits per heavy atom. The molecule has 3 nitrogen and oxygen atoms in total. The smallest absolute Gasteiger partial charge is 0.167 e. The second-order valence-electron chi connectivity index (χ2n) is 2.63. The summed E-state index contributed by atoms with van der Waals surface area (Å²) in [5.74, 6) is 0.511. The van der Waals surface area contributed by atoms with Gasteiger partial charge in [0.25, 0.3) is 0 Å². The van der Waals surface area contributed by atoms with Gasteiger partial charge in [-0.25, -0.2) is 0 Å². The van der Waals surface area contributed by atoms with Crippen LogP contribution in [-0.2, 0) is 4.79 Å². The molecule has 3 heteroatoms. The highest BCUT2D eigenvalue weighted by Crippen LogP contribution is 2.12. The summed E-state index contributed by atoms with van der Waals surface area (Å²) < 4.78 is 5.11. The summed E-state index contributed by atoms with van der Waals surface area (Å²) in [7, 11) is 0. The van der Waals surface area contributed by atoms with Crippen LogP contribution in [0.4, 0.5) is 0 Å². The van der Waals surface area contributed by atoms with E-state index in [1.165, 1.54) is 6.92 Å². The van der Waals surface area contributed by atoms with E-state index in [-0.39, 0.29) is 12.4 Å². The SMILES string of the molecule is CC(=O)COc1cccc(C#N)c1. The summed E-state index contributed by atoms with van der Waals surface area (Å²) in [5, 5.41) is 8.57. The first kappa shape index (κ1) is 9.27. The summed E-state index contributed by atoms with van der Waals surface area (Å²) in [4.78, 5) is 10.6. The van der Waals surface area contributed by atoms with Crippen LogP contribution in [0.2, 0.25) is 0 Å². The molecule has 0 amide bonds. The van der Waals surface area contributed by atoms with E-state index in [0.29, 0.717) is 11.3 Å². The summed E-state index contributed by atoms with van der Waals surface area (Å²) in [6, 6.07) is 8.70. The van der Waals surface area contributed by atoms with Gasteiger partial charge in [-0.2, -0.15) is 5.26 Å². The first-order chi connectivity index (χ1) is 6.22. The Morgan fingerprint density at radius 3 is 3.00 bits per heavy atom. The van der Waals surface area contributed by atoms with Gasteiger partial charge in [0, 0.05) is 0 Å². The average molecular weight is 175 g/mol. The number of ether oxygens (including phenoxy) is 1. The summed E-state index contributed by atoms with van der Waals surface area (Å²) in [6.07, 6.45) is 0. The van der Waals surface area contributed by atoms with E-state index in [9.17, 15) is 4.79 Å². The normalized spacial score (nSPS) is 8.92. The van der Waals surface area contributed by atoms with E-state index in [2.05, 4.69) is 0 Å². The van der Waals surface area contributed by atoms with Gasteiger partial charge in [0.1, 0.15) is 12.4 Å². The first-order valence-electron chi connectivity index (χ1n) is 3.85. The van der Waals surface area contributed by atoms with E-state index in [0.717, 1.165) is 0 Å². The first-order valence-corrected chi connectivity index (χ1v) is 3.85. The van der Waals surface area contributed by atoms with E-state index in [1.54, 1.807) is 24.3 Å². The second kappa shape index (κ2) is 4.27. The number of benzene rings is 1. The average Bonchev–Trinajstić information content (AvgIpc) is 2.15. The molecule has 13 heavy (non-hydrogen) atoms. The quantitative estimate of drug-likeness (QED) is 0.699. The Hall–Kier alpha value is -1.82. The van der Waals surface area contributed by atoms with Crippen molar-refractivity contribution in [2.75, 3.05) is 6.61 Å². The molecule has 1 aromatic rings. The van der Waals surface area contributed by atoms with Gasteiger partial charge in [-0.05, 0) is 25.1 Å². The minimum absolute atomic E-state index is 0.0395. The van der Waals surface area contributed by atoms with E-state index in [4.69, 9.17) is 10.00 Å². The number of carbonyl (C=O) groups excluding carboxylic acids is 1. The molecule has 0 aliphatic heterocycles. The minimum atomic E-state index is -0.0395. The zero-order chi connectivity index (χ0) is 9.68. The van der Waals surface area contributed by atoms with Gasteiger partial charge in [0.05, 0.1) is 11.6 Å². The predicted molar refractivity (Wildman–Crippen MR) is 47.3 cm³/mol. The van der Waals surface area contributed by atoms with Crippen molar-refractivity contribution in [1.29, 1.82) is 5.26 Å². The van der Waals surface area contributed by atoms with Crippen LogP contribution in [0, 0.1) is 11.3 Å². The highest BCUT2D eigenvalue weighted by molar-refractivity contribution is 5.77. The van der Waals surface area contributed by atoms with Crippen LogP contribution in [0.5, 0.6) is 5.75 Å². The molecule has 0 radical (unpaired) electrons. The number of carbonyl (C=O) groups is 1. The maximum atomic E-state index is 10.6. The zero-order valence-corrected chi connectivity index (χ0v) is 7.28. The van der Waals surface area contributed by atoms with Crippen LogP contribution in [0.3, 0.4) is 0 Å². The Morgan fingerprint density at radius 1 is 1.62 bits per heavy atom. The van der Waals surface area contributed by atoms with Gasteiger partial charge >= 0.3 is 0 Å². The highest BCUT2D eigenvalue weighted by Gasteiger charge is 1.97. The molecule has 0 atom stereocenters. The Labute approximate surface area is 76.6 Å². The lowest BCUT2D eigenvalue weighted by Crippen LogP contribution is -2.06. The zero-order valence-electron chi connectivity index (χ0n) is 7.28. The van der Waals surface area contributed by atoms with Gasteiger partial charge in [0.15, 0.2) is 5.78 Å². The van der Waals surface area contributed by atoms with Crippen LogP contribution < -0.4 is 4.74 Å². The molecule has 1 aromatic carbocycles. The lowest BCUT2D eigenvalue weighted by molar-refractivity contribution is -0.118. The standard InChI is InChI=1S/C10H9NO2/c1-8(12)7-13-10-4-2-3-9(5-10)6-11/h2-5H,7H2,1H3. The molecule has 0 saturated heterocycles. The molecule has 0 aliphatic rings. The lowest BCUT2D eigenvalue weighted by Gasteiger charge is -2.02. The van der Waals surface area contributed by atoms with Crippen LogP contribution in [0.1, 0.15) is 12.5 Å². The van der Waals surface area contributed by atoms with Crippen LogP contribution >= 0.6 is 0 Å². The monoisotopic (exact) mass is 175 g/mol. The predicted octanol–water partition coefficient (Wildman–Crippen LogP) is 1.53.